The van der Waals surface area contributed by atoms with Gasteiger partial charge >= 0.3 is 5.97 Å². The van der Waals surface area contributed by atoms with E-state index in [1.807, 2.05) is 23.4 Å². The molecule has 98 valence electrons. The molecule has 0 bridgehead atoms. The van der Waals surface area contributed by atoms with Gasteiger partial charge in [0.1, 0.15) is 5.82 Å². The topological polar surface area (TPSA) is 53.4 Å². The minimum Gasteiger partial charge on any atom is -0.478 e. The van der Waals surface area contributed by atoms with Gasteiger partial charge in [-0.25, -0.2) is 9.78 Å². The molecule has 0 aromatic carbocycles. The van der Waals surface area contributed by atoms with E-state index in [1.54, 1.807) is 29.7 Å². The zero-order chi connectivity index (χ0) is 13.7. The number of carboxylic acids is 1. The molecule has 0 amide bonds. The van der Waals surface area contributed by atoms with Gasteiger partial charge in [0.25, 0.3) is 0 Å². The molecule has 0 radical (unpaired) electrons. The molecule has 2 heterocycles. The molecule has 5 heteroatoms. The second-order valence-electron chi connectivity index (χ2n) is 4.08. The molecule has 0 aliphatic carbocycles. The summed E-state index contributed by atoms with van der Waals surface area (Å²) in [6.45, 7) is 0.744. The number of anilines is 1. The lowest BCUT2D eigenvalue weighted by molar-refractivity contribution is -0.131. The molecule has 4 nitrogen and oxygen atoms in total. The van der Waals surface area contributed by atoms with Gasteiger partial charge in [0.15, 0.2) is 0 Å². The molecule has 2 aromatic heterocycles. The number of pyridine rings is 1. The Hall–Kier alpha value is -2.14. The summed E-state index contributed by atoms with van der Waals surface area (Å²) in [5.74, 6) is -0.193. The standard InChI is InChI=1S/C14H14N2O2S/c1-16(9-11-6-8-19-10-11)14-12(3-2-7-15-14)4-5-13(17)18/h2-8,10H,9H2,1H3,(H,17,18)/b5-4+. The molecule has 0 unspecified atom stereocenters. The first kappa shape index (κ1) is 13.3. The number of thiophene rings is 1. The van der Waals surface area contributed by atoms with Crippen molar-refractivity contribution in [2.75, 3.05) is 11.9 Å². The predicted octanol–water partition coefficient (Wildman–Crippen LogP) is 2.88. The maximum atomic E-state index is 10.6. The van der Waals surface area contributed by atoms with Crippen LogP contribution in [0.4, 0.5) is 5.82 Å². The van der Waals surface area contributed by atoms with Gasteiger partial charge in [0.05, 0.1) is 0 Å². The number of hydrogen-bond donors (Lipinski definition) is 1. The maximum Gasteiger partial charge on any atom is 0.328 e. The highest BCUT2D eigenvalue weighted by molar-refractivity contribution is 7.07. The number of carboxylic acid groups (broad SMARTS) is 1. The number of carbonyl (C=O) groups is 1. The largest absolute Gasteiger partial charge is 0.478 e. The van der Waals surface area contributed by atoms with Crippen LogP contribution in [0.25, 0.3) is 6.08 Å². The Labute approximate surface area is 115 Å². The Morgan fingerprint density at radius 1 is 1.53 bits per heavy atom. The van der Waals surface area contributed by atoms with E-state index in [1.165, 1.54) is 5.56 Å². The number of aliphatic carboxylic acids is 1. The van der Waals surface area contributed by atoms with Crippen LogP contribution >= 0.6 is 11.3 Å². The van der Waals surface area contributed by atoms with Crippen LogP contribution in [0.5, 0.6) is 0 Å². The smallest absolute Gasteiger partial charge is 0.328 e. The van der Waals surface area contributed by atoms with Crippen molar-refractivity contribution < 1.29 is 9.90 Å². The van der Waals surface area contributed by atoms with Crippen LogP contribution in [0.1, 0.15) is 11.1 Å². The third-order valence-corrected chi connectivity index (χ3v) is 3.32. The molecule has 0 fully saturated rings. The van der Waals surface area contributed by atoms with Crippen LogP contribution in [-0.4, -0.2) is 23.1 Å². The second kappa shape index (κ2) is 6.15. The Morgan fingerprint density at radius 2 is 2.37 bits per heavy atom. The van der Waals surface area contributed by atoms with E-state index < -0.39 is 5.97 Å². The molecular formula is C14H14N2O2S. The van der Waals surface area contributed by atoms with Crippen LogP contribution in [0.15, 0.2) is 41.2 Å². The molecular weight excluding hydrogens is 260 g/mol. The SMILES string of the molecule is CN(Cc1ccsc1)c1ncccc1/C=C/C(=O)O. The van der Waals surface area contributed by atoms with Gasteiger partial charge in [0.2, 0.25) is 0 Å². The van der Waals surface area contributed by atoms with E-state index in [2.05, 4.69) is 16.4 Å². The fraction of sp³-hybridized carbons (Fsp3) is 0.143. The van der Waals surface area contributed by atoms with Crippen molar-refractivity contribution in [3.63, 3.8) is 0 Å². The third-order valence-electron chi connectivity index (χ3n) is 2.58. The van der Waals surface area contributed by atoms with Crippen LogP contribution in [-0.2, 0) is 11.3 Å². The molecule has 0 aliphatic rings. The number of rotatable bonds is 5. The third kappa shape index (κ3) is 3.66. The van der Waals surface area contributed by atoms with E-state index >= 15 is 0 Å². The first-order valence-corrected chi connectivity index (χ1v) is 6.69. The number of hydrogen-bond acceptors (Lipinski definition) is 4. The molecule has 0 aliphatic heterocycles. The molecule has 0 saturated heterocycles. The quantitative estimate of drug-likeness (QED) is 0.852. The van der Waals surface area contributed by atoms with Crippen molar-refractivity contribution in [1.82, 2.24) is 4.98 Å². The minimum absolute atomic E-state index is 0.744. The molecule has 0 saturated carbocycles. The van der Waals surface area contributed by atoms with Gasteiger partial charge in [0, 0.05) is 31.4 Å². The molecule has 2 rings (SSSR count). The van der Waals surface area contributed by atoms with Gasteiger partial charge in [-0.05, 0) is 40.6 Å². The molecule has 0 atom stereocenters. The highest BCUT2D eigenvalue weighted by Crippen LogP contribution is 2.20. The second-order valence-corrected chi connectivity index (χ2v) is 4.86. The van der Waals surface area contributed by atoms with Crippen LogP contribution < -0.4 is 4.90 Å². The maximum absolute atomic E-state index is 10.6. The van der Waals surface area contributed by atoms with Gasteiger partial charge < -0.3 is 10.0 Å². The zero-order valence-corrected chi connectivity index (χ0v) is 11.3. The van der Waals surface area contributed by atoms with Crippen molar-refractivity contribution in [3.05, 3.63) is 52.4 Å². The Kier molecular flexibility index (Phi) is 4.30. The van der Waals surface area contributed by atoms with Gasteiger partial charge in [-0.15, -0.1) is 0 Å². The predicted molar refractivity (Wildman–Crippen MR) is 77.3 cm³/mol. The van der Waals surface area contributed by atoms with Gasteiger partial charge in [-0.3, -0.25) is 0 Å². The van der Waals surface area contributed by atoms with Crippen molar-refractivity contribution in [1.29, 1.82) is 0 Å². The lowest BCUT2D eigenvalue weighted by Crippen LogP contribution is -2.18. The fourth-order valence-corrected chi connectivity index (χ4v) is 2.41. The van der Waals surface area contributed by atoms with Crippen LogP contribution in [0.2, 0.25) is 0 Å². The van der Waals surface area contributed by atoms with Gasteiger partial charge in [-0.2, -0.15) is 11.3 Å². The van der Waals surface area contributed by atoms with Crippen LogP contribution in [0, 0.1) is 0 Å². The summed E-state index contributed by atoms with van der Waals surface area (Å²) in [7, 11) is 1.94. The number of nitrogens with zero attached hydrogens (tertiary/aromatic N) is 2. The van der Waals surface area contributed by atoms with Gasteiger partial charge in [-0.1, -0.05) is 0 Å². The summed E-state index contributed by atoms with van der Waals surface area (Å²) < 4.78 is 0. The molecule has 19 heavy (non-hydrogen) atoms. The summed E-state index contributed by atoms with van der Waals surface area (Å²) in [5.41, 5.74) is 2.01. The van der Waals surface area contributed by atoms with E-state index in [0.29, 0.717) is 0 Å². The van der Waals surface area contributed by atoms with E-state index in [9.17, 15) is 4.79 Å². The lowest BCUT2D eigenvalue weighted by atomic mass is 10.2. The molecule has 0 spiro atoms. The Morgan fingerprint density at radius 3 is 3.05 bits per heavy atom. The molecule has 2 aromatic rings. The van der Waals surface area contributed by atoms with Crippen molar-refractivity contribution in [2.45, 2.75) is 6.54 Å². The highest BCUT2D eigenvalue weighted by atomic mass is 32.1. The summed E-state index contributed by atoms with van der Waals surface area (Å²) in [5, 5.41) is 12.8. The summed E-state index contributed by atoms with van der Waals surface area (Å²) >= 11 is 1.66. The minimum atomic E-state index is -0.963. The average molecular weight is 274 g/mol. The summed E-state index contributed by atoms with van der Waals surface area (Å²) in [6, 6.07) is 5.71. The Balaban J connectivity index is 2.21. The van der Waals surface area contributed by atoms with Crippen molar-refractivity contribution >= 4 is 29.2 Å². The lowest BCUT2D eigenvalue weighted by Gasteiger charge is -2.19. The summed E-state index contributed by atoms with van der Waals surface area (Å²) in [4.78, 5) is 16.9. The average Bonchev–Trinajstić information content (AvgIpc) is 2.89. The zero-order valence-electron chi connectivity index (χ0n) is 10.5. The van der Waals surface area contributed by atoms with E-state index in [-0.39, 0.29) is 0 Å². The van der Waals surface area contributed by atoms with E-state index in [0.717, 1.165) is 24.0 Å². The van der Waals surface area contributed by atoms with Crippen molar-refractivity contribution in [3.8, 4) is 0 Å². The first-order valence-electron chi connectivity index (χ1n) is 5.75. The van der Waals surface area contributed by atoms with Crippen molar-refractivity contribution in [2.24, 2.45) is 0 Å². The van der Waals surface area contributed by atoms with E-state index in [4.69, 9.17) is 5.11 Å². The Bertz CT molecular complexity index is 579. The monoisotopic (exact) mass is 274 g/mol. The normalized spacial score (nSPS) is 10.8. The van der Waals surface area contributed by atoms with Crippen LogP contribution in [0.3, 0.4) is 0 Å². The molecule has 1 N–H and O–H groups in total. The number of aromatic nitrogens is 1. The first-order chi connectivity index (χ1) is 9.16. The summed E-state index contributed by atoms with van der Waals surface area (Å²) in [6.07, 6.45) is 4.39. The highest BCUT2D eigenvalue weighted by Gasteiger charge is 2.07. The fourth-order valence-electron chi connectivity index (χ4n) is 1.75.